The van der Waals surface area contributed by atoms with Crippen LogP contribution in [-0.2, 0) is 6.54 Å². The molecule has 1 fully saturated rings. The van der Waals surface area contributed by atoms with Crippen molar-refractivity contribution in [3.63, 3.8) is 0 Å². The van der Waals surface area contributed by atoms with Gasteiger partial charge in [-0.1, -0.05) is 19.9 Å². The van der Waals surface area contributed by atoms with Crippen LogP contribution < -0.4 is 11.5 Å². The number of likely N-dealkylation sites (tertiary alicyclic amines) is 1. The lowest BCUT2D eigenvalue weighted by molar-refractivity contribution is 0.100. The lowest BCUT2D eigenvalue weighted by Gasteiger charge is -2.19. The maximum Gasteiger partial charge on any atom is 0.248 e. The van der Waals surface area contributed by atoms with Crippen LogP contribution in [0.4, 0.5) is 5.69 Å². The quantitative estimate of drug-likeness (QED) is 0.812. The molecule has 4 N–H and O–H groups in total. The van der Waals surface area contributed by atoms with Gasteiger partial charge in [0.25, 0.3) is 0 Å². The number of hydrogen-bond acceptors (Lipinski definition) is 3. The smallest absolute Gasteiger partial charge is 0.248 e. The maximum absolute atomic E-state index is 11.1. The van der Waals surface area contributed by atoms with Crippen molar-refractivity contribution in [3.05, 3.63) is 29.3 Å². The second-order valence-electron chi connectivity index (χ2n) is 5.81. The molecule has 2 rings (SSSR count). The molecule has 0 spiro atoms. The summed E-state index contributed by atoms with van der Waals surface area (Å²) >= 11 is 0. The predicted octanol–water partition coefficient (Wildman–Crippen LogP) is 1.85. The number of nitrogens with two attached hydrogens (primary N) is 2. The first-order chi connectivity index (χ1) is 8.97. The molecule has 0 saturated carbocycles. The van der Waals surface area contributed by atoms with Gasteiger partial charge < -0.3 is 11.5 Å². The molecule has 1 heterocycles. The second-order valence-corrected chi connectivity index (χ2v) is 5.81. The van der Waals surface area contributed by atoms with E-state index in [1.54, 1.807) is 12.1 Å². The number of nitrogen functional groups attached to an aromatic ring is 1. The van der Waals surface area contributed by atoms with Crippen molar-refractivity contribution in [3.8, 4) is 0 Å². The van der Waals surface area contributed by atoms with Crippen LogP contribution in [0.25, 0.3) is 0 Å². The zero-order chi connectivity index (χ0) is 14.0. The van der Waals surface area contributed by atoms with Crippen molar-refractivity contribution < 1.29 is 4.79 Å². The van der Waals surface area contributed by atoms with Gasteiger partial charge in [0.1, 0.15) is 0 Å². The Morgan fingerprint density at radius 2 is 2.21 bits per heavy atom. The summed E-state index contributed by atoms with van der Waals surface area (Å²) in [6, 6.07) is 5.34. The number of amides is 1. The highest BCUT2D eigenvalue weighted by atomic mass is 16.1. The SMILES string of the molecule is CC(C)C1CCN(Cc2ccc(C(N)=O)cc2N)C1. The minimum Gasteiger partial charge on any atom is -0.398 e. The monoisotopic (exact) mass is 261 g/mol. The van der Waals surface area contributed by atoms with Crippen LogP contribution in [-0.4, -0.2) is 23.9 Å². The van der Waals surface area contributed by atoms with Gasteiger partial charge in [-0.2, -0.15) is 0 Å². The normalized spacial score (nSPS) is 20.1. The van der Waals surface area contributed by atoms with E-state index >= 15 is 0 Å². The molecule has 0 bridgehead atoms. The summed E-state index contributed by atoms with van der Waals surface area (Å²) in [5, 5.41) is 0. The average Bonchev–Trinajstić information content (AvgIpc) is 2.80. The summed E-state index contributed by atoms with van der Waals surface area (Å²) in [5.41, 5.74) is 13.4. The van der Waals surface area contributed by atoms with Gasteiger partial charge in [-0.15, -0.1) is 0 Å². The van der Waals surface area contributed by atoms with E-state index in [0.717, 1.165) is 37.0 Å². The molecule has 1 aromatic carbocycles. The molecule has 1 amide bonds. The third-order valence-corrected chi connectivity index (χ3v) is 4.08. The van der Waals surface area contributed by atoms with E-state index in [1.165, 1.54) is 6.42 Å². The molecule has 0 aromatic heterocycles. The number of primary amides is 1. The predicted molar refractivity (Wildman–Crippen MR) is 77.6 cm³/mol. The van der Waals surface area contributed by atoms with Crippen LogP contribution in [0.3, 0.4) is 0 Å². The Bertz CT molecular complexity index is 470. The molecule has 1 unspecified atom stereocenters. The summed E-state index contributed by atoms with van der Waals surface area (Å²) < 4.78 is 0. The molecular formula is C15H23N3O. The first-order valence-corrected chi connectivity index (χ1v) is 6.88. The van der Waals surface area contributed by atoms with Gasteiger partial charge in [-0.25, -0.2) is 0 Å². The standard InChI is InChI=1S/C15H23N3O/c1-10(2)12-5-6-18(8-12)9-13-4-3-11(15(17)19)7-14(13)16/h3-4,7,10,12H,5-6,8-9,16H2,1-2H3,(H2,17,19). The number of hydrogen-bond donors (Lipinski definition) is 2. The molecule has 1 saturated heterocycles. The second kappa shape index (κ2) is 5.61. The first-order valence-electron chi connectivity index (χ1n) is 6.88. The number of nitrogens with zero attached hydrogens (tertiary/aromatic N) is 1. The molecule has 1 aliphatic rings. The third-order valence-electron chi connectivity index (χ3n) is 4.08. The van der Waals surface area contributed by atoms with Crippen LogP contribution in [0, 0.1) is 11.8 Å². The van der Waals surface area contributed by atoms with E-state index in [2.05, 4.69) is 18.7 Å². The lowest BCUT2D eigenvalue weighted by Crippen LogP contribution is -2.22. The molecule has 19 heavy (non-hydrogen) atoms. The van der Waals surface area contributed by atoms with Crippen LogP contribution in [0.1, 0.15) is 36.2 Å². The first kappa shape index (κ1) is 13.9. The maximum atomic E-state index is 11.1. The Kier molecular flexibility index (Phi) is 4.10. The zero-order valence-electron chi connectivity index (χ0n) is 11.7. The zero-order valence-corrected chi connectivity index (χ0v) is 11.7. The highest BCUT2D eigenvalue weighted by molar-refractivity contribution is 5.93. The van der Waals surface area contributed by atoms with E-state index in [0.29, 0.717) is 11.3 Å². The summed E-state index contributed by atoms with van der Waals surface area (Å²) in [6.07, 6.45) is 1.26. The molecule has 1 atom stereocenters. The summed E-state index contributed by atoms with van der Waals surface area (Å²) in [5.74, 6) is 1.09. The molecule has 1 aliphatic heterocycles. The van der Waals surface area contributed by atoms with E-state index in [1.807, 2.05) is 6.07 Å². The van der Waals surface area contributed by atoms with Crippen LogP contribution in [0.5, 0.6) is 0 Å². The van der Waals surface area contributed by atoms with Gasteiger partial charge in [0, 0.05) is 24.3 Å². The number of benzene rings is 1. The highest BCUT2D eigenvalue weighted by Crippen LogP contribution is 2.26. The van der Waals surface area contributed by atoms with Gasteiger partial charge >= 0.3 is 0 Å². The Labute approximate surface area is 114 Å². The number of anilines is 1. The van der Waals surface area contributed by atoms with Crippen LogP contribution in [0.15, 0.2) is 18.2 Å². The molecule has 0 aliphatic carbocycles. The third kappa shape index (κ3) is 3.26. The highest BCUT2D eigenvalue weighted by Gasteiger charge is 2.25. The molecule has 104 valence electrons. The van der Waals surface area contributed by atoms with Gasteiger partial charge in [0.05, 0.1) is 0 Å². The molecule has 1 aromatic rings. The Morgan fingerprint density at radius 3 is 2.74 bits per heavy atom. The van der Waals surface area contributed by atoms with Crippen molar-refractivity contribution >= 4 is 11.6 Å². The minimum absolute atomic E-state index is 0.431. The van der Waals surface area contributed by atoms with Gasteiger partial charge in [0.15, 0.2) is 0 Å². The molecule has 4 heteroatoms. The fourth-order valence-electron chi connectivity index (χ4n) is 2.68. The fourth-order valence-corrected chi connectivity index (χ4v) is 2.68. The number of carbonyl (C=O) groups excluding carboxylic acids is 1. The minimum atomic E-state index is -0.431. The van der Waals surface area contributed by atoms with E-state index < -0.39 is 5.91 Å². The van der Waals surface area contributed by atoms with Crippen molar-refractivity contribution in [1.82, 2.24) is 4.90 Å². The molecule has 4 nitrogen and oxygen atoms in total. The molecular weight excluding hydrogens is 238 g/mol. The van der Waals surface area contributed by atoms with E-state index in [-0.39, 0.29) is 0 Å². The summed E-state index contributed by atoms with van der Waals surface area (Å²) in [6.45, 7) is 7.68. The van der Waals surface area contributed by atoms with E-state index in [4.69, 9.17) is 11.5 Å². The summed E-state index contributed by atoms with van der Waals surface area (Å²) in [4.78, 5) is 13.5. The lowest BCUT2D eigenvalue weighted by atomic mass is 9.95. The average molecular weight is 261 g/mol. The Morgan fingerprint density at radius 1 is 1.47 bits per heavy atom. The van der Waals surface area contributed by atoms with Crippen molar-refractivity contribution in [2.75, 3.05) is 18.8 Å². The number of rotatable bonds is 4. The Balaban J connectivity index is 2.02. The topological polar surface area (TPSA) is 72.3 Å². The largest absolute Gasteiger partial charge is 0.398 e. The molecule has 0 radical (unpaired) electrons. The van der Waals surface area contributed by atoms with Crippen molar-refractivity contribution in [2.45, 2.75) is 26.8 Å². The fraction of sp³-hybridized carbons (Fsp3) is 0.533. The van der Waals surface area contributed by atoms with Gasteiger partial charge in [0.2, 0.25) is 5.91 Å². The summed E-state index contributed by atoms with van der Waals surface area (Å²) in [7, 11) is 0. The van der Waals surface area contributed by atoms with Crippen molar-refractivity contribution in [2.24, 2.45) is 17.6 Å². The van der Waals surface area contributed by atoms with Crippen molar-refractivity contribution in [1.29, 1.82) is 0 Å². The van der Waals surface area contributed by atoms with Gasteiger partial charge in [-0.3, -0.25) is 9.69 Å². The van der Waals surface area contributed by atoms with Gasteiger partial charge in [-0.05, 0) is 42.5 Å². The van der Waals surface area contributed by atoms with Crippen LogP contribution in [0.2, 0.25) is 0 Å². The van der Waals surface area contributed by atoms with Crippen LogP contribution >= 0.6 is 0 Å². The number of carbonyl (C=O) groups is 1. The van der Waals surface area contributed by atoms with E-state index in [9.17, 15) is 4.79 Å². The Hall–Kier alpha value is -1.55.